The summed E-state index contributed by atoms with van der Waals surface area (Å²) in [5.74, 6) is 0.966. The predicted octanol–water partition coefficient (Wildman–Crippen LogP) is 3.71. The molecule has 1 fully saturated rings. The number of thioether (sulfide) groups is 1. The molecule has 1 aliphatic heterocycles. The van der Waals surface area contributed by atoms with Gasteiger partial charge in [-0.05, 0) is 43.2 Å². The molecule has 3 heterocycles. The number of fused-ring (bicyclic) bond motifs is 1. The fourth-order valence-electron chi connectivity index (χ4n) is 3.54. The molecule has 1 atom stereocenters. The van der Waals surface area contributed by atoms with Gasteiger partial charge in [0.1, 0.15) is 6.10 Å². The highest BCUT2D eigenvalue weighted by atomic mass is 32.2. The molecule has 2 aromatic heterocycles. The van der Waals surface area contributed by atoms with Crippen LogP contribution in [-0.2, 0) is 6.54 Å². The first-order chi connectivity index (χ1) is 14.2. The third-order valence-electron chi connectivity index (χ3n) is 5.15. The van der Waals surface area contributed by atoms with Crippen molar-refractivity contribution >= 4 is 23.4 Å². The van der Waals surface area contributed by atoms with Crippen LogP contribution in [0.5, 0.6) is 6.01 Å². The number of anilines is 1. The summed E-state index contributed by atoms with van der Waals surface area (Å²) in [6.45, 7) is 6.82. The second-order valence-corrected chi connectivity index (χ2v) is 8.42. The van der Waals surface area contributed by atoms with Crippen molar-refractivity contribution in [2.75, 3.05) is 24.7 Å². The molecule has 0 aliphatic carbocycles. The highest BCUT2D eigenvalue weighted by Gasteiger charge is 2.20. The first kappa shape index (κ1) is 20.0. The van der Waals surface area contributed by atoms with Gasteiger partial charge in [0.05, 0.1) is 6.20 Å². The van der Waals surface area contributed by atoms with Crippen molar-refractivity contribution in [3.63, 3.8) is 0 Å². The number of hydrogen-bond acceptors (Lipinski definition) is 7. The highest BCUT2D eigenvalue weighted by molar-refractivity contribution is 7.98. The Morgan fingerprint density at radius 3 is 2.93 bits per heavy atom. The lowest BCUT2D eigenvalue weighted by molar-refractivity contribution is 0.153. The molecule has 1 saturated heterocycles. The van der Waals surface area contributed by atoms with Crippen LogP contribution in [0.3, 0.4) is 0 Å². The summed E-state index contributed by atoms with van der Waals surface area (Å²) in [6, 6.07) is 8.79. The van der Waals surface area contributed by atoms with E-state index in [1.54, 1.807) is 16.3 Å². The minimum Gasteiger partial charge on any atom is -0.459 e. The quantitative estimate of drug-likeness (QED) is 0.573. The number of hydrogen-bond donors (Lipinski definition) is 2. The van der Waals surface area contributed by atoms with Crippen molar-refractivity contribution in [1.29, 1.82) is 0 Å². The van der Waals surface area contributed by atoms with Crippen LogP contribution in [-0.4, -0.2) is 45.0 Å². The standard InChI is InChI=1S/C21H28N6OS/c1-14(2)17-13-24-27-19(17)25-21(28-16-8-6-10-22-12-16)26-20(27)23-11-15-7-4-5-9-18(15)29-3/h4-5,7,9,13-14,16,22H,6,8,10-12H2,1-3H3,(H,23,25,26). The van der Waals surface area contributed by atoms with E-state index in [-0.39, 0.29) is 6.10 Å². The topological polar surface area (TPSA) is 76.4 Å². The molecule has 1 aliphatic rings. The van der Waals surface area contributed by atoms with E-state index in [9.17, 15) is 0 Å². The van der Waals surface area contributed by atoms with E-state index in [4.69, 9.17) is 9.72 Å². The van der Waals surface area contributed by atoms with E-state index < -0.39 is 0 Å². The number of aromatic nitrogens is 4. The van der Waals surface area contributed by atoms with E-state index in [1.165, 1.54) is 10.5 Å². The average molecular weight is 413 g/mol. The average Bonchev–Trinajstić information content (AvgIpc) is 3.17. The maximum absolute atomic E-state index is 6.14. The maximum Gasteiger partial charge on any atom is 0.322 e. The summed E-state index contributed by atoms with van der Waals surface area (Å²) in [5.41, 5.74) is 3.11. The molecule has 1 unspecified atom stereocenters. The smallest absolute Gasteiger partial charge is 0.322 e. The molecule has 7 nitrogen and oxygen atoms in total. The normalized spacial score (nSPS) is 17.0. The predicted molar refractivity (Wildman–Crippen MR) is 117 cm³/mol. The van der Waals surface area contributed by atoms with Gasteiger partial charge in [0.25, 0.3) is 0 Å². The fraction of sp³-hybridized carbons (Fsp3) is 0.476. The van der Waals surface area contributed by atoms with E-state index >= 15 is 0 Å². The molecule has 0 bridgehead atoms. The van der Waals surface area contributed by atoms with Crippen LogP contribution in [0.4, 0.5) is 5.95 Å². The minimum absolute atomic E-state index is 0.0988. The van der Waals surface area contributed by atoms with E-state index in [1.807, 2.05) is 6.20 Å². The lowest BCUT2D eigenvalue weighted by atomic mass is 10.1. The Bertz CT molecular complexity index is 967. The monoisotopic (exact) mass is 412 g/mol. The molecule has 8 heteroatoms. The van der Waals surface area contributed by atoms with E-state index in [2.05, 4.69) is 65.1 Å². The molecule has 0 amide bonds. The Kier molecular flexibility index (Phi) is 6.20. The SMILES string of the molecule is CSc1ccccc1CNc1nc(OC2CCCNC2)nc2c(C(C)C)cnn12. The van der Waals surface area contributed by atoms with Gasteiger partial charge in [-0.15, -0.1) is 11.8 Å². The minimum atomic E-state index is 0.0988. The van der Waals surface area contributed by atoms with Gasteiger partial charge < -0.3 is 15.4 Å². The van der Waals surface area contributed by atoms with Crippen molar-refractivity contribution in [3.05, 3.63) is 41.6 Å². The van der Waals surface area contributed by atoms with Crippen molar-refractivity contribution in [2.24, 2.45) is 0 Å². The Balaban J connectivity index is 1.65. The molecule has 4 rings (SSSR count). The lowest BCUT2D eigenvalue weighted by Gasteiger charge is -2.23. The number of ether oxygens (including phenoxy) is 1. The fourth-order valence-corrected chi connectivity index (χ4v) is 4.16. The van der Waals surface area contributed by atoms with Gasteiger partial charge in [-0.3, -0.25) is 0 Å². The molecule has 29 heavy (non-hydrogen) atoms. The van der Waals surface area contributed by atoms with E-state index in [0.29, 0.717) is 24.4 Å². The molecule has 0 radical (unpaired) electrons. The largest absolute Gasteiger partial charge is 0.459 e. The summed E-state index contributed by atoms with van der Waals surface area (Å²) in [4.78, 5) is 10.6. The van der Waals surface area contributed by atoms with Gasteiger partial charge in [0, 0.05) is 23.5 Å². The first-order valence-corrected chi connectivity index (χ1v) is 11.4. The molecule has 1 aromatic carbocycles. The third kappa shape index (κ3) is 4.48. The van der Waals surface area contributed by atoms with Crippen molar-refractivity contribution in [2.45, 2.75) is 50.2 Å². The van der Waals surface area contributed by atoms with Crippen LogP contribution in [0.25, 0.3) is 5.65 Å². The zero-order valence-corrected chi connectivity index (χ0v) is 18.0. The van der Waals surface area contributed by atoms with Crippen LogP contribution in [0.1, 0.15) is 43.7 Å². The maximum atomic E-state index is 6.14. The zero-order valence-electron chi connectivity index (χ0n) is 17.2. The Labute approximate surface area is 175 Å². The van der Waals surface area contributed by atoms with Gasteiger partial charge in [0.15, 0.2) is 5.65 Å². The second kappa shape index (κ2) is 9.00. The molecular formula is C21H28N6OS. The lowest BCUT2D eigenvalue weighted by Crippen LogP contribution is -2.37. The number of benzene rings is 1. The summed E-state index contributed by atoms with van der Waals surface area (Å²) in [5, 5.41) is 11.4. The molecule has 154 valence electrons. The summed E-state index contributed by atoms with van der Waals surface area (Å²) < 4.78 is 7.92. The Morgan fingerprint density at radius 2 is 2.17 bits per heavy atom. The number of piperidine rings is 1. The number of nitrogens with one attached hydrogen (secondary N) is 2. The van der Waals surface area contributed by atoms with Crippen LogP contribution >= 0.6 is 11.8 Å². The number of rotatable bonds is 7. The zero-order chi connectivity index (χ0) is 20.2. The van der Waals surface area contributed by atoms with Crippen LogP contribution in [0, 0.1) is 0 Å². The summed E-state index contributed by atoms with van der Waals surface area (Å²) >= 11 is 1.74. The number of nitrogens with zero attached hydrogens (tertiary/aromatic N) is 4. The van der Waals surface area contributed by atoms with Crippen molar-refractivity contribution in [1.82, 2.24) is 24.9 Å². The van der Waals surface area contributed by atoms with Crippen LogP contribution < -0.4 is 15.4 Å². The molecule has 0 saturated carbocycles. The van der Waals surface area contributed by atoms with Gasteiger partial charge in [-0.25, -0.2) is 0 Å². The molecule has 3 aromatic rings. The van der Waals surface area contributed by atoms with Crippen molar-refractivity contribution in [3.8, 4) is 6.01 Å². The van der Waals surface area contributed by atoms with Crippen LogP contribution in [0.15, 0.2) is 35.4 Å². The van der Waals surface area contributed by atoms with Gasteiger partial charge in [-0.1, -0.05) is 32.0 Å². The van der Waals surface area contributed by atoms with Crippen molar-refractivity contribution < 1.29 is 4.74 Å². The molecular weight excluding hydrogens is 384 g/mol. The van der Waals surface area contributed by atoms with Gasteiger partial charge >= 0.3 is 6.01 Å². The highest BCUT2D eigenvalue weighted by Crippen LogP contribution is 2.25. The third-order valence-corrected chi connectivity index (χ3v) is 5.99. The van der Waals surface area contributed by atoms with Gasteiger partial charge in [0.2, 0.25) is 5.95 Å². The first-order valence-electron chi connectivity index (χ1n) is 10.1. The van der Waals surface area contributed by atoms with Crippen LogP contribution in [0.2, 0.25) is 0 Å². The second-order valence-electron chi connectivity index (χ2n) is 7.57. The molecule has 0 spiro atoms. The summed E-state index contributed by atoms with van der Waals surface area (Å²) in [6.07, 6.45) is 6.19. The molecule has 2 N–H and O–H groups in total. The Morgan fingerprint density at radius 1 is 1.31 bits per heavy atom. The van der Waals surface area contributed by atoms with E-state index in [0.717, 1.165) is 37.1 Å². The summed E-state index contributed by atoms with van der Waals surface area (Å²) in [7, 11) is 0. The Hall–Kier alpha value is -2.32. The van der Waals surface area contributed by atoms with Gasteiger partial charge in [-0.2, -0.15) is 19.6 Å².